The fraction of sp³-hybridized carbons (Fsp3) is 0.537. The first-order valence-electron chi connectivity index (χ1n) is 19.8. The molecule has 0 radical (unpaired) electrons. The number of fused-ring (bicyclic) bond motifs is 2. The summed E-state index contributed by atoms with van der Waals surface area (Å²) in [4.78, 5) is 101. The van der Waals surface area contributed by atoms with Crippen LogP contribution in [0.4, 0.5) is 0 Å². The van der Waals surface area contributed by atoms with Crippen LogP contribution in [0.2, 0.25) is 0 Å². The summed E-state index contributed by atoms with van der Waals surface area (Å²) in [5, 5.41) is 34.7. The molecule has 0 saturated carbocycles. The highest BCUT2D eigenvalue weighted by atomic mass is 16.3. The zero-order valence-electron chi connectivity index (χ0n) is 32.7. The fourth-order valence-electron chi connectivity index (χ4n) is 7.68. The minimum Gasteiger partial charge on any atom is -0.394 e. The Kier molecular flexibility index (Phi) is 14.8. The van der Waals surface area contributed by atoms with Gasteiger partial charge >= 0.3 is 0 Å². The summed E-state index contributed by atoms with van der Waals surface area (Å²) < 4.78 is 0. The second kappa shape index (κ2) is 19.7. The van der Waals surface area contributed by atoms with Crippen molar-refractivity contribution in [3.63, 3.8) is 0 Å². The third kappa shape index (κ3) is 10.5. The van der Waals surface area contributed by atoms with Gasteiger partial charge in [0.25, 0.3) is 0 Å². The van der Waals surface area contributed by atoms with Gasteiger partial charge in [0.15, 0.2) is 0 Å². The summed E-state index contributed by atoms with van der Waals surface area (Å²) in [5.74, 6) is -5.36. The molecule has 7 amide bonds. The third-order valence-electron chi connectivity index (χ3n) is 11.1. The molecule has 3 heterocycles. The number of benzene rings is 2. The van der Waals surface area contributed by atoms with E-state index in [1.165, 1.54) is 16.7 Å². The lowest BCUT2D eigenvalue weighted by Gasteiger charge is -2.33. The molecule has 0 aliphatic carbocycles. The first-order chi connectivity index (χ1) is 27.3. The topological polar surface area (TPSA) is 227 Å². The van der Waals surface area contributed by atoms with Gasteiger partial charge in [-0.3, -0.25) is 33.6 Å². The Hall–Kier alpha value is -5.35. The number of rotatable bonds is 8. The third-order valence-corrected chi connectivity index (χ3v) is 11.1. The second-order valence-corrected chi connectivity index (χ2v) is 15.2. The molecule has 3 aliphatic heterocycles. The average molecular weight is 790 g/mol. The van der Waals surface area contributed by atoms with Crippen LogP contribution < -0.4 is 26.6 Å². The highest BCUT2D eigenvalue weighted by molar-refractivity contribution is 5.99. The van der Waals surface area contributed by atoms with Crippen molar-refractivity contribution in [3.05, 3.63) is 71.8 Å². The van der Waals surface area contributed by atoms with Crippen molar-refractivity contribution in [2.45, 2.75) is 114 Å². The predicted octanol–water partition coefficient (Wildman–Crippen LogP) is -0.689. The molecule has 2 aromatic rings. The molecular formula is C41H55N7O9. The first-order valence-corrected chi connectivity index (χ1v) is 19.8. The number of amides is 7. The minimum atomic E-state index is -1.49. The highest BCUT2D eigenvalue weighted by Gasteiger charge is 2.44. The first kappa shape index (κ1) is 42.8. The van der Waals surface area contributed by atoms with Crippen LogP contribution in [0.15, 0.2) is 60.7 Å². The van der Waals surface area contributed by atoms with Crippen LogP contribution >= 0.6 is 0 Å². The van der Waals surface area contributed by atoms with Gasteiger partial charge in [-0.25, -0.2) is 0 Å². The number of nitrogens with zero attached hydrogens (tertiary/aromatic N) is 2. The summed E-state index contributed by atoms with van der Waals surface area (Å²) in [6.07, 6.45) is 0.449. The number of aliphatic hydroxyl groups excluding tert-OH is 2. The Morgan fingerprint density at radius 1 is 0.596 bits per heavy atom. The molecule has 0 aromatic heterocycles. The number of hydrogen-bond donors (Lipinski definition) is 7. The van der Waals surface area contributed by atoms with Gasteiger partial charge in [0.05, 0.1) is 12.7 Å². The fourth-order valence-corrected chi connectivity index (χ4v) is 7.68. The van der Waals surface area contributed by atoms with E-state index in [1.807, 2.05) is 13.0 Å². The van der Waals surface area contributed by atoms with Crippen molar-refractivity contribution in [3.8, 4) is 0 Å². The van der Waals surface area contributed by atoms with Gasteiger partial charge in [-0.2, -0.15) is 0 Å². The molecule has 7 N–H and O–H groups in total. The zero-order valence-corrected chi connectivity index (χ0v) is 32.7. The molecule has 308 valence electrons. The van der Waals surface area contributed by atoms with Crippen LogP contribution in [0, 0.1) is 5.92 Å². The van der Waals surface area contributed by atoms with Gasteiger partial charge in [0.2, 0.25) is 41.4 Å². The minimum absolute atomic E-state index is 0.00000909. The van der Waals surface area contributed by atoms with Crippen LogP contribution in [-0.2, 0) is 46.4 Å². The van der Waals surface area contributed by atoms with Crippen LogP contribution in [0.5, 0.6) is 0 Å². The van der Waals surface area contributed by atoms with Crippen LogP contribution in [0.3, 0.4) is 0 Å². The average Bonchev–Trinajstić information content (AvgIpc) is 3.91. The maximum absolute atomic E-state index is 14.2. The molecule has 3 fully saturated rings. The van der Waals surface area contributed by atoms with Crippen molar-refractivity contribution in [2.24, 2.45) is 5.92 Å². The maximum Gasteiger partial charge on any atom is 0.248 e. The van der Waals surface area contributed by atoms with Crippen molar-refractivity contribution in [1.82, 2.24) is 36.4 Å². The summed E-state index contributed by atoms with van der Waals surface area (Å²) in [6, 6.07) is 9.16. The quantitative estimate of drug-likeness (QED) is 0.180. The van der Waals surface area contributed by atoms with Crippen molar-refractivity contribution >= 4 is 41.4 Å². The molecule has 3 saturated heterocycles. The van der Waals surface area contributed by atoms with Gasteiger partial charge in [0.1, 0.15) is 42.3 Å². The monoisotopic (exact) mass is 789 g/mol. The largest absolute Gasteiger partial charge is 0.394 e. The Morgan fingerprint density at radius 2 is 1.04 bits per heavy atom. The van der Waals surface area contributed by atoms with Crippen molar-refractivity contribution < 1.29 is 43.8 Å². The zero-order chi connectivity index (χ0) is 41.2. The van der Waals surface area contributed by atoms with E-state index in [2.05, 4.69) is 26.6 Å². The SMILES string of the molecule is CC[C@H](C)[C@@H]1NC(=O)[C@@H](Cc2ccccc2)NC(=O)[C@@H]2CCCN2C(=O)[C@@H](C(C)O)NC(=O)[C@@H]2CCCN2C(=O)[C@@H](CO)NC(=O)[C@H](Cc2ccccc2)NC1=O. The van der Waals surface area contributed by atoms with E-state index in [0.717, 1.165) is 5.56 Å². The van der Waals surface area contributed by atoms with E-state index in [9.17, 15) is 43.8 Å². The molecule has 57 heavy (non-hydrogen) atoms. The lowest BCUT2D eigenvalue weighted by Crippen LogP contribution is -2.61. The number of hydrogen-bond acceptors (Lipinski definition) is 9. The Labute approximate surface area is 332 Å². The summed E-state index contributed by atoms with van der Waals surface area (Å²) >= 11 is 0. The Bertz CT molecular complexity index is 1760. The lowest BCUT2D eigenvalue weighted by atomic mass is 9.96. The molecule has 16 heteroatoms. The summed E-state index contributed by atoms with van der Waals surface area (Å²) in [6.45, 7) is 4.40. The van der Waals surface area contributed by atoms with Gasteiger partial charge in [-0.1, -0.05) is 80.9 Å². The second-order valence-electron chi connectivity index (χ2n) is 15.2. The highest BCUT2D eigenvalue weighted by Crippen LogP contribution is 2.23. The van der Waals surface area contributed by atoms with Gasteiger partial charge in [0, 0.05) is 25.9 Å². The molecule has 5 rings (SSSR count). The van der Waals surface area contributed by atoms with Gasteiger partial charge in [-0.05, 0) is 49.7 Å². The Balaban J connectivity index is 1.55. The van der Waals surface area contributed by atoms with Gasteiger partial charge in [-0.15, -0.1) is 0 Å². The Morgan fingerprint density at radius 3 is 1.53 bits per heavy atom. The summed E-state index contributed by atoms with van der Waals surface area (Å²) in [7, 11) is 0. The molecule has 16 nitrogen and oxygen atoms in total. The molecule has 0 spiro atoms. The van der Waals surface area contributed by atoms with Crippen LogP contribution in [0.25, 0.3) is 0 Å². The van der Waals surface area contributed by atoms with Crippen LogP contribution in [0.1, 0.15) is 64.0 Å². The number of aliphatic hydroxyl groups is 2. The molecule has 1 unspecified atom stereocenters. The van der Waals surface area contributed by atoms with Crippen LogP contribution in [-0.4, -0.2) is 129 Å². The van der Waals surface area contributed by atoms with E-state index in [-0.39, 0.29) is 38.8 Å². The van der Waals surface area contributed by atoms with Crippen molar-refractivity contribution in [1.29, 1.82) is 0 Å². The maximum atomic E-state index is 14.2. The number of carbonyl (C=O) groups is 7. The molecule has 9 atom stereocenters. The number of nitrogens with one attached hydrogen (secondary N) is 5. The number of carbonyl (C=O) groups excluding carboxylic acids is 7. The normalized spacial score (nSPS) is 28.2. The lowest BCUT2D eigenvalue weighted by molar-refractivity contribution is -0.146. The molecular weight excluding hydrogens is 734 g/mol. The molecule has 2 aromatic carbocycles. The van der Waals surface area contributed by atoms with E-state index >= 15 is 0 Å². The molecule has 0 bridgehead atoms. The van der Waals surface area contributed by atoms with E-state index in [4.69, 9.17) is 0 Å². The van der Waals surface area contributed by atoms with E-state index in [1.54, 1.807) is 61.5 Å². The standard InChI is InChI=1S/C41H55N7O9/c1-4-24(2)33-39(55)43-28(21-26-13-7-5-8-14-26)35(51)44-30(23-49)40(56)47-19-11-18-32(47)38(54)46-34(25(3)50)41(57)48-20-12-17-31(48)37(53)42-29(36(52)45-33)22-27-15-9-6-10-16-27/h5-10,13-16,24-25,28-34,49-50H,4,11-12,17-23H2,1-3H3,(H,42,53)(H,43,55)(H,44,51)(H,45,52)(H,46,54)/t24-,25?,28-,29+,30+,31-,32-,33-,34+/m0/s1. The predicted molar refractivity (Wildman–Crippen MR) is 208 cm³/mol. The van der Waals surface area contributed by atoms with E-state index < -0.39 is 102 Å². The summed E-state index contributed by atoms with van der Waals surface area (Å²) in [5.41, 5.74) is 1.40. The van der Waals surface area contributed by atoms with E-state index in [0.29, 0.717) is 24.8 Å². The van der Waals surface area contributed by atoms with Gasteiger partial charge < -0.3 is 46.6 Å². The molecule has 3 aliphatic rings. The van der Waals surface area contributed by atoms with Crippen molar-refractivity contribution in [2.75, 3.05) is 19.7 Å². The smallest absolute Gasteiger partial charge is 0.248 e.